The molecule has 25 heavy (non-hydrogen) atoms. The Labute approximate surface area is 166 Å². The molecule has 2 N–H and O–H groups in total. The average Bonchev–Trinajstić information content (AvgIpc) is 2.87. The van der Waals surface area contributed by atoms with Gasteiger partial charge >= 0.3 is 0 Å². The highest BCUT2D eigenvalue weighted by Crippen LogP contribution is 2.24. The molecule has 1 atom stereocenters. The number of nitrogens with one attached hydrogen (secondary N) is 2. The van der Waals surface area contributed by atoms with Crippen molar-refractivity contribution < 1.29 is 14.4 Å². The van der Waals surface area contributed by atoms with E-state index in [1.807, 2.05) is 6.07 Å². The van der Waals surface area contributed by atoms with Crippen molar-refractivity contribution in [1.29, 1.82) is 0 Å². The van der Waals surface area contributed by atoms with E-state index in [0.29, 0.717) is 11.3 Å². The van der Waals surface area contributed by atoms with Crippen molar-refractivity contribution >= 4 is 61.9 Å². The molecular weight excluding hydrogens is 501 g/mol. The van der Waals surface area contributed by atoms with Crippen molar-refractivity contribution in [2.45, 2.75) is 12.5 Å². The summed E-state index contributed by atoms with van der Waals surface area (Å²) in [4.78, 5) is 37.9. The van der Waals surface area contributed by atoms with Crippen molar-refractivity contribution in [2.24, 2.45) is 0 Å². The molecule has 1 saturated heterocycles. The van der Waals surface area contributed by atoms with E-state index in [4.69, 9.17) is 0 Å². The Kier molecular flexibility index (Phi) is 5.50. The number of nitrogens with zero attached hydrogens (tertiary/aromatic N) is 1. The van der Waals surface area contributed by atoms with Gasteiger partial charge in [0.2, 0.25) is 5.91 Å². The highest BCUT2D eigenvalue weighted by atomic mass is 127. The molecule has 2 aromatic rings. The smallest absolute Gasteiger partial charge is 0.265 e. The molecule has 1 heterocycles. The highest BCUT2D eigenvalue weighted by molar-refractivity contribution is 14.1. The second-order valence-electron chi connectivity index (χ2n) is 5.41. The summed E-state index contributed by atoms with van der Waals surface area (Å²) in [5.41, 5.74) is 6.15. The van der Waals surface area contributed by atoms with Crippen LogP contribution in [0.2, 0.25) is 0 Å². The van der Waals surface area contributed by atoms with Crippen LogP contribution in [0.3, 0.4) is 0 Å². The number of imide groups is 1. The Bertz CT molecular complexity index is 841. The van der Waals surface area contributed by atoms with Gasteiger partial charge in [-0.15, -0.1) is 0 Å². The summed E-state index contributed by atoms with van der Waals surface area (Å²) in [6.07, 6.45) is -0.0124. The normalized spacial score (nSPS) is 17.0. The maximum atomic E-state index is 12.5. The van der Waals surface area contributed by atoms with Crippen LogP contribution in [-0.2, 0) is 9.59 Å². The van der Waals surface area contributed by atoms with Gasteiger partial charge in [0.15, 0.2) is 0 Å². The van der Waals surface area contributed by atoms with E-state index >= 15 is 0 Å². The first-order valence-corrected chi connectivity index (χ1v) is 9.26. The van der Waals surface area contributed by atoms with Gasteiger partial charge in [-0.25, -0.2) is 10.3 Å². The van der Waals surface area contributed by atoms with Crippen LogP contribution in [0.15, 0.2) is 53.0 Å². The third kappa shape index (κ3) is 4.07. The quantitative estimate of drug-likeness (QED) is 0.374. The zero-order chi connectivity index (χ0) is 18.0. The summed E-state index contributed by atoms with van der Waals surface area (Å²) in [5, 5.41) is 0. The molecule has 128 valence electrons. The number of carbonyl (C=O) groups excluding carboxylic acids is 3. The minimum Gasteiger partial charge on any atom is -0.287 e. The lowest BCUT2D eigenvalue weighted by Crippen LogP contribution is -2.48. The average molecular weight is 514 g/mol. The van der Waals surface area contributed by atoms with Gasteiger partial charge < -0.3 is 0 Å². The number of rotatable bonds is 4. The monoisotopic (exact) mass is 513 g/mol. The van der Waals surface area contributed by atoms with E-state index in [-0.39, 0.29) is 18.2 Å². The molecule has 3 rings (SSSR count). The molecule has 6 nitrogen and oxygen atoms in total. The SMILES string of the molecule is O=C(NNC1CC(=O)N(c2ccc(Br)cc2)C1=O)c1cccc(I)c1. The van der Waals surface area contributed by atoms with Crippen molar-refractivity contribution in [3.05, 3.63) is 62.1 Å². The molecule has 0 aliphatic carbocycles. The zero-order valence-corrected chi connectivity index (χ0v) is 16.6. The van der Waals surface area contributed by atoms with Gasteiger partial charge in [0.1, 0.15) is 6.04 Å². The Morgan fingerprint density at radius 3 is 2.56 bits per heavy atom. The maximum absolute atomic E-state index is 12.5. The van der Waals surface area contributed by atoms with E-state index in [0.717, 1.165) is 12.9 Å². The lowest BCUT2D eigenvalue weighted by Gasteiger charge is -2.16. The van der Waals surface area contributed by atoms with E-state index in [9.17, 15) is 14.4 Å². The Morgan fingerprint density at radius 2 is 1.88 bits per heavy atom. The number of halogens is 2. The minimum absolute atomic E-state index is 0.0124. The van der Waals surface area contributed by atoms with Gasteiger partial charge in [0, 0.05) is 13.6 Å². The molecule has 1 fully saturated rings. The predicted octanol–water partition coefficient (Wildman–Crippen LogP) is 2.62. The molecule has 8 heteroatoms. The summed E-state index contributed by atoms with van der Waals surface area (Å²) in [5.74, 6) is -1.07. The molecule has 1 aliphatic rings. The number of benzene rings is 2. The molecule has 1 unspecified atom stereocenters. The van der Waals surface area contributed by atoms with Crippen LogP contribution in [0, 0.1) is 3.57 Å². The minimum atomic E-state index is -0.789. The van der Waals surface area contributed by atoms with Crippen LogP contribution >= 0.6 is 38.5 Å². The molecule has 2 aromatic carbocycles. The molecule has 0 aromatic heterocycles. The van der Waals surface area contributed by atoms with E-state index < -0.39 is 11.9 Å². The van der Waals surface area contributed by atoms with Crippen LogP contribution in [0.25, 0.3) is 0 Å². The van der Waals surface area contributed by atoms with Gasteiger partial charge in [-0.1, -0.05) is 22.0 Å². The number of anilines is 1. The van der Waals surface area contributed by atoms with Crippen molar-refractivity contribution in [2.75, 3.05) is 4.90 Å². The molecule has 0 saturated carbocycles. The second-order valence-corrected chi connectivity index (χ2v) is 7.57. The van der Waals surface area contributed by atoms with Crippen LogP contribution in [0.1, 0.15) is 16.8 Å². The Morgan fingerprint density at radius 1 is 1.16 bits per heavy atom. The summed E-state index contributed by atoms with van der Waals surface area (Å²) in [7, 11) is 0. The van der Waals surface area contributed by atoms with Crippen molar-refractivity contribution in [3.8, 4) is 0 Å². The third-order valence-electron chi connectivity index (χ3n) is 3.68. The van der Waals surface area contributed by atoms with Gasteiger partial charge in [0.25, 0.3) is 11.8 Å². The van der Waals surface area contributed by atoms with E-state index in [1.54, 1.807) is 42.5 Å². The molecule has 0 bridgehead atoms. The van der Waals surface area contributed by atoms with Crippen molar-refractivity contribution in [1.82, 2.24) is 10.9 Å². The zero-order valence-electron chi connectivity index (χ0n) is 12.8. The molecule has 0 spiro atoms. The third-order valence-corrected chi connectivity index (χ3v) is 4.88. The summed E-state index contributed by atoms with van der Waals surface area (Å²) < 4.78 is 1.79. The number of amides is 3. The van der Waals surface area contributed by atoms with Crippen LogP contribution in [-0.4, -0.2) is 23.8 Å². The largest absolute Gasteiger partial charge is 0.287 e. The van der Waals surface area contributed by atoms with Crippen molar-refractivity contribution in [3.63, 3.8) is 0 Å². The van der Waals surface area contributed by atoms with E-state index in [1.165, 1.54) is 0 Å². The van der Waals surface area contributed by atoms with Crippen LogP contribution in [0.4, 0.5) is 5.69 Å². The number of hydrogen-bond acceptors (Lipinski definition) is 4. The Balaban J connectivity index is 1.66. The predicted molar refractivity (Wildman–Crippen MR) is 105 cm³/mol. The maximum Gasteiger partial charge on any atom is 0.265 e. The fourth-order valence-corrected chi connectivity index (χ4v) is 3.27. The van der Waals surface area contributed by atoms with E-state index in [2.05, 4.69) is 49.4 Å². The molecule has 1 aliphatic heterocycles. The standard InChI is InChI=1S/C17H13BrIN3O3/c18-11-4-6-13(7-5-11)22-15(23)9-14(17(22)25)20-21-16(24)10-2-1-3-12(19)8-10/h1-8,14,20H,9H2,(H,21,24). The Hall–Kier alpha value is -1.78. The summed E-state index contributed by atoms with van der Waals surface area (Å²) in [6, 6.07) is 13.2. The first-order chi connectivity index (χ1) is 12.0. The molecule has 3 amide bonds. The topological polar surface area (TPSA) is 78.5 Å². The lowest BCUT2D eigenvalue weighted by atomic mass is 10.2. The second kappa shape index (κ2) is 7.63. The number of hydrogen-bond donors (Lipinski definition) is 2. The fraction of sp³-hybridized carbons (Fsp3) is 0.118. The first-order valence-electron chi connectivity index (χ1n) is 7.39. The molecule has 0 radical (unpaired) electrons. The van der Waals surface area contributed by atoms with Gasteiger partial charge in [-0.3, -0.25) is 19.8 Å². The first kappa shape index (κ1) is 18.0. The van der Waals surface area contributed by atoms with Gasteiger partial charge in [-0.05, 0) is 65.1 Å². The van der Waals surface area contributed by atoms with Gasteiger partial charge in [-0.2, -0.15) is 0 Å². The van der Waals surface area contributed by atoms with Gasteiger partial charge in [0.05, 0.1) is 12.1 Å². The lowest BCUT2D eigenvalue weighted by molar-refractivity contribution is -0.121. The summed E-state index contributed by atoms with van der Waals surface area (Å²) >= 11 is 5.43. The summed E-state index contributed by atoms with van der Waals surface area (Å²) in [6.45, 7) is 0. The molecular formula is C17H13BrIN3O3. The number of hydrazine groups is 1. The fourth-order valence-electron chi connectivity index (χ4n) is 2.46. The number of carbonyl (C=O) groups is 3. The van der Waals surface area contributed by atoms with Crippen LogP contribution in [0.5, 0.6) is 0 Å². The van der Waals surface area contributed by atoms with Crippen LogP contribution < -0.4 is 15.8 Å². The highest BCUT2D eigenvalue weighted by Gasteiger charge is 2.39.